The molecule has 332 valence electrons. The third kappa shape index (κ3) is 40.9. The van der Waals surface area contributed by atoms with Crippen molar-refractivity contribution in [2.45, 2.75) is 174 Å². The van der Waals surface area contributed by atoms with Crippen LogP contribution in [0.2, 0.25) is 0 Å². The van der Waals surface area contributed by atoms with E-state index in [2.05, 4.69) is 86.8 Å². The molecule has 0 bridgehead atoms. The van der Waals surface area contributed by atoms with Crippen molar-refractivity contribution in [1.82, 2.24) is 0 Å². The Hall–Kier alpha value is -3.27. The minimum atomic E-state index is -1.63. The zero-order chi connectivity index (χ0) is 42.8. The number of carboxylic acid groups (broad SMARTS) is 1. The summed E-state index contributed by atoms with van der Waals surface area (Å²) >= 11 is 0. The minimum Gasteiger partial charge on any atom is -0.545 e. The molecular formula is C49H83NO8. The number of ether oxygens (including phenoxy) is 4. The van der Waals surface area contributed by atoms with Gasteiger partial charge in [0.1, 0.15) is 13.2 Å². The van der Waals surface area contributed by atoms with E-state index in [0.29, 0.717) is 17.4 Å². The molecule has 9 heteroatoms. The summed E-state index contributed by atoms with van der Waals surface area (Å²) in [4.78, 5) is 37.0. The number of unbranched alkanes of at least 4 members (excludes halogenated alkanes) is 13. The lowest BCUT2D eigenvalue weighted by atomic mass is 10.1. The van der Waals surface area contributed by atoms with Crippen LogP contribution in [-0.2, 0) is 33.3 Å². The summed E-state index contributed by atoms with van der Waals surface area (Å²) in [5.41, 5.74) is 0. The fraction of sp³-hybridized carbons (Fsp3) is 0.694. The average Bonchev–Trinajstić information content (AvgIpc) is 3.18. The van der Waals surface area contributed by atoms with Gasteiger partial charge in [0.15, 0.2) is 12.4 Å². The van der Waals surface area contributed by atoms with E-state index in [1.54, 1.807) is 0 Å². The van der Waals surface area contributed by atoms with Gasteiger partial charge in [-0.05, 0) is 77.0 Å². The second-order valence-electron chi connectivity index (χ2n) is 16.0. The zero-order valence-electron chi connectivity index (χ0n) is 37.4. The molecule has 0 N–H and O–H groups in total. The molecule has 0 aliphatic carbocycles. The van der Waals surface area contributed by atoms with Crippen LogP contribution >= 0.6 is 0 Å². The Morgan fingerprint density at radius 3 is 1.47 bits per heavy atom. The Kier molecular flexibility index (Phi) is 38.2. The molecule has 0 spiro atoms. The number of allylic oxidation sites excluding steroid dienone is 12. The second kappa shape index (κ2) is 40.5. The summed E-state index contributed by atoms with van der Waals surface area (Å²) in [5.74, 6) is -2.33. The quantitative estimate of drug-likeness (QED) is 0.0198. The van der Waals surface area contributed by atoms with Gasteiger partial charge >= 0.3 is 11.9 Å². The maximum atomic E-state index is 12.8. The van der Waals surface area contributed by atoms with Crippen LogP contribution in [0.3, 0.4) is 0 Å². The summed E-state index contributed by atoms with van der Waals surface area (Å²) in [5, 5.41) is 11.7. The lowest BCUT2D eigenvalue weighted by Gasteiger charge is -2.26. The van der Waals surface area contributed by atoms with Crippen LogP contribution in [0.4, 0.5) is 0 Å². The SMILES string of the molecule is CC/C=C\C/C=C\C/C=C\C/C=C\CCCCCCCCC(=O)OC(COC(=O)CCCCCCC/C=C\C/C=C\CCCC)COC(OCC[N+](C)(C)C)C(=O)[O-]. The monoisotopic (exact) mass is 814 g/mol. The van der Waals surface area contributed by atoms with Gasteiger partial charge in [-0.2, -0.15) is 0 Å². The number of carboxylic acids is 1. The molecule has 0 aliphatic rings. The number of aliphatic carboxylic acids is 1. The first kappa shape index (κ1) is 54.7. The van der Waals surface area contributed by atoms with Gasteiger partial charge in [-0.25, -0.2) is 0 Å². The minimum absolute atomic E-state index is 0.138. The van der Waals surface area contributed by atoms with Crippen LogP contribution in [0.1, 0.15) is 162 Å². The molecule has 2 unspecified atom stereocenters. The number of quaternary nitrogens is 1. The first-order valence-electron chi connectivity index (χ1n) is 22.6. The van der Waals surface area contributed by atoms with Gasteiger partial charge in [-0.1, -0.05) is 145 Å². The van der Waals surface area contributed by atoms with Crippen LogP contribution in [0, 0.1) is 0 Å². The predicted octanol–water partition coefficient (Wildman–Crippen LogP) is 10.6. The maximum Gasteiger partial charge on any atom is 0.306 e. The van der Waals surface area contributed by atoms with Crippen molar-refractivity contribution in [2.75, 3.05) is 47.5 Å². The van der Waals surface area contributed by atoms with Crippen LogP contribution in [0.15, 0.2) is 72.9 Å². The molecule has 0 aromatic carbocycles. The highest BCUT2D eigenvalue weighted by Gasteiger charge is 2.21. The van der Waals surface area contributed by atoms with E-state index in [4.69, 9.17) is 18.9 Å². The van der Waals surface area contributed by atoms with Crippen LogP contribution < -0.4 is 5.11 Å². The van der Waals surface area contributed by atoms with E-state index >= 15 is 0 Å². The van der Waals surface area contributed by atoms with E-state index in [0.717, 1.165) is 116 Å². The number of carbonyl (C=O) groups excluding carboxylic acids is 3. The molecule has 0 heterocycles. The number of carbonyl (C=O) groups is 3. The Bertz CT molecular complexity index is 1180. The first-order valence-corrected chi connectivity index (χ1v) is 22.6. The molecule has 0 aliphatic heterocycles. The summed E-state index contributed by atoms with van der Waals surface area (Å²) in [6.07, 6.45) is 46.4. The van der Waals surface area contributed by atoms with Crippen molar-refractivity contribution in [3.8, 4) is 0 Å². The van der Waals surface area contributed by atoms with Crippen LogP contribution in [0.25, 0.3) is 0 Å². The highest BCUT2D eigenvalue weighted by molar-refractivity contribution is 5.70. The smallest absolute Gasteiger partial charge is 0.306 e. The first-order chi connectivity index (χ1) is 28.1. The molecule has 0 radical (unpaired) electrons. The molecule has 0 aromatic heterocycles. The topological polar surface area (TPSA) is 111 Å². The predicted molar refractivity (Wildman–Crippen MR) is 237 cm³/mol. The van der Waals surface area contributed by atoms with Crippen molar-refractivity contribution in [2.24, 2.45) is 0 Å². The summed E-state index contributed by atoms with van der Waals surface area (Å²) < 4.78 is 22.5. The number of nitrogens with zero attached hydrogens (tertiary/aromatic N) is 1. The lowest BCUT2D eigenvalue weighted by molar-refractivity contribution is -0.870. The Morgan fingerprint density at radius 1 is 0.534 bits per heavy atom. The van der Waals surface area contributed by atoms with Crippen molar-refractivity contribution < 1.29 is 42.9 Å². The highest BCUT2D eigenvalue weighted by Crippen LogP contribution is 2.12. The van der Waals surface area contributed by atoms with Crippen LogP contribution in [-0.4, -0.2) is 82.3 Å². The Balaban J connectivity index is 4.49. The largest absolute Gasteiger partial charge is 0.545 e. The second-order valence-corrected chi connectivity index (χ2v) is 16.0. The molecule has 0 amide bonds. The molecule has 0 rings (SSSR count). The van der Waals surface area contributed by atoms with Gasteiger partial charge in [0.25, 0.3) is 0 Å². The fourth-order valence-electron chi connectivity index (χ4n) is 5.66. The van der Waals surface area contributed by atoms with Crippen LogP contribution in [0.5, 0.6) is 0 Å². The van der Waals surface area contributed by atoms with Crippen molar-refractivity contribution in [3.63, 3.8) is 0 Å². The van der Waals surface area contributed by atoms with E-state index in [9.17, 15) is 19.5 Å². The van der Waals surface area contributed by atoms with Gasteiger partial charge in [0.05, 0.1) is 40.3 Å². The lowest BCUT2D eigenvalue weighted by Crippen LogP contribution is -2.44. The van der Waals surface area contributed by atoms with Gasteiger partial charge in [0, 0.05) is 12.8 Å². The molecule has 2 atom stereocenters. The fourth-order valence-corrected chi connectivity index (χ4v) is 5.66. The normalized spacial score (nSPS) is 13.6. The van der Waals surface area contributed by atoms with E-state index < -0.39 is 24.3 Å². The molecule has 58 heavy (non-hydrogen) atoms. The number of rotatable bonds is 40. The number of likely N-dealkylation sites (N-methyl/N-ethyl adjacent to an activating group) is 1. The number of hydrogen-bond acceptors (Lipinski definition) is 8. The highest BCUT2D eigenvalue weighted by atomic mass is 16.7. The number of hydrogen-bond donors (Lipinski definition) is 0. The van der Waals surface area contributed by atoms with E-state index in [-0.39, 0.29) is 38.6 Å². The molecule has 0 aromatic rings. The molecule has 0 saturated heterocycles. The molecule has 0 fully saturated rings. The third-order valence-electron chi connectivity index (χ3n) is 9.19. The Morgan fingerprint density at radius 2 is 0.983 bits per heavy atom. The average molecular weight is 814 g/mol. The number of esters is 2. The van der Waals surface area contributed by atoms with Gasteiger partial charge in [-0.3, -0.25) is 9.59 Å². The zero-order valence-corrected chi connectivity index (χ0v) is 37.4. The third-order valence-corrected chi connectivity index (χ3v) is 9.19. The standard InChI is InChI=1S/C49H83NO8/c1-6-8-10-12-14-16-18-20-22-23-24-25-26-28-30-32-34-36-38-40-47(52)58-45(44-57-49(48(53)54)55-42-41-50(3,4)5)43-56-46(51)39-37-35-33-31-29-27-21-19-17-15-13-11-9-7-2/h8,10,13-16,19-22,24-25,45,49H,6-7,9,11-12,17-18,23,26-44H2,1-5H3/b10-8-,15-13-,16-14-,21-19-,22-20-,25-24-. The maximum absolute atomic E-state index is 12.8. The molecule has 0 saturated carbocycles. The summed E-state index contributed by atoms with van der Waals surface area (Å²) in [6.45, 7) is 4.53. The van der Waals surface area contributed by atoms with Crippen molar-refractivity contribution >= 4 is 17.9 Å². The van der Waals surface area contributed by atoms with Gasteiger partial charge in [-0.15, -0.1) is 0 Å². The van der Waals surface area contributed by atoms with E-state index in [1.165, 1.54) is 12.8 Å². The molecular weight excluding hydrogens is 731 g/mol. The van der Waals surface area contributed by atoms with Gasteiger partial charge < -0.3 is 33.3 Å². The van der Waals surface area contributed by atoms with E-state index in [1.807, 2.05) is 21.1 Å². The van der Waals surface area contributed by atoms with Gasteiger partial charge in [0.2, 0.25) is 0 Å². The van der Waals surface area contributed by atoms with Crippen molar-refractivity contribution in [3.05, 3.63) is 72.9 Å². The summed E-state index contributed by atoms with van der Waals surface area (Å²) in [7, 11) is 5.89. The summed E-state index contributed by atoms with van der Waals surface area (Å²) in [6, 6.07) is 0. The van der Waals surface area contributed by atoms with Crippen molar-refractivity contribution in [1.29, 1.82) is 0 Å². The molecule has 9 nitrogen and oxygen atoms in total. The Labute approximate surface area is 354 Å².